The molecule has 1 unspecified atom stereocenters. The molecule has 0 saturated heterocycles. The van der Waals surface area contributed by atoms with Gasteiger partial charge in [0, 0.05) is 23.2 Å². The van der Waals surface area contributed by atoms with E-state index in [2.05, 4.69) is 4.98 Å². The number of carboxylic acids is 1. The lowest BCUT2D eigenvalue weighted by molar-refractivity contribution is -0.383. The van der Waals surface area contributed by atoms with Crippen LogP contribution in [0.5, 0.6) is 0 Å². The zero-order valence-corrected chi connectivity index (χ0v) is 8.58. The van der Waals surface area contributed by atoms with Gasteiger partial charge >= 0.3 is 5.97 Å². The fourth-order valence-electron chi connectivity index (χ4n) is 1.70. The van der Waals surface area contributed by atoms with Gasteiger partial charge in [0.05, 0.1) is 4.92 Å². The fraction of sp³-hybridized carbons (Fsp3) is 0.100. The van der Waals surface area contributed by atoms with Gasteiger partial charge in [-0.05, 0) is 0 Å². The first-order valence-electron chi connectivity index (χ1n) is 4.75. The van der Waals surface area contributed by atoms with E-state index in [1.807, 2.05) is 0 Å². The van der Waals surface area contributed by atoms with Crippen LogP contribution in [0.2, 0.25) is 0 Å². The Morgan fingerprint density at radius 1 is 1.53 bits per heavy atom. The number of para-hydroxylation sites is 1. The third-order valence-corrected chi connectivity index (χ3v) is 2.52. The predicted molar refractivity (Wildman–Crippen MR) is 59.5 cm³/mol. The number of hydrogen-bond acceptors (Lipinski definition) is 4. The molecule has 1 aromatic carbocycles. The number of aromatic nitrogens is 1. The lowest BCUT2D eigenvalue weighted by Crippen LogP contribution is -2.20. The Morgan fingerprint density at radius 3 is 2.82 bits per heavy atom. The van der Waals surface area contributed by atoms with Crippen molar-refractivity contribution in [2.45, 2.75) is 6.04 Å². The predicted octanol–water partition coefficient (Wildman–Crippen LogP) is 1.16. The first kappa shape index (κ1) is 11.1. The molecule has 0 fully saturated rings. The number of aromatic amines is 1. The van der Waals surface area contributed by atoms with E-state index in [9.17, 15) is 14.9 Å². The number of nitro groups is 1. The second-order valence-corrected chi connectivity index (χ2v) is 3.52. The molecule has 0 aliphatic heterocycles. The highest BCUT2D eigenvalue weighted by atomic mass is 16.6. The summed E-state index contributed by atoms with van der Waals surface area (Å²) in [5, 5.41) is 20.0. The van der Waals surface area contributed by atoms with Crippen LogP contribution in [0.15, 0.2) is 24.4 Å². The number of H-pyrrole nitrogens is 1. The first-order valence-corrected chi connectivity index (χ1v) is 4.75. The molecule has 0 radical (unpaired) electrons. The first-order chi connectivity index (χ1) is 8.02. The lowest BCUT2D eigenvalue weighted by Gasteiger charge is -2.03. The molecule has 0 spiro atoms. The number of non-ortho nitro benzene ring substituents is 1. The van der Waals surface area contributed by atoms with Crippen molar-refractivity contribution in [3.8, 4) is 0 Å². The lowest BCUT2D eigenvalue weighted by atomic mass is 10.1. The van der Waals surface area contributed by atoms with E-state index in [0.29, 0.717) is 10.9 Å². The van der Waals surface area contributed by atoms with Crippen LogP contribution in [0.3, 0.4) is 0 Å². The molecule has 2 rings (SSSR count). The average molecular weight is 235 g/mol. The largest absolute Gasteiger partial charge is 0.480 e. The number of fused-ring (bicyclic) bond motifs is 1. The van der Waals surface area contributed by atoms with Crippen LogP contribution in [0.4, 0.5) is 5.69 Å². The second-order valence-electron chi connectivity index (χ2n) is 3.52. The number of carbonyl (C=O) groups is 1. The zero-order valence-electron chi connectivity index (χ0n) is 8.58. The number of nitrogens with two attached hydrogens (primary N) is 1. The number of benzene rings is 1. The third-order valence-electron chi connectivity index (χ3n) is 2.52. The minimum absolute atomic E-state index is 0.105. The number of carboxylic acid groups (broad SMARTS) is 1. The number of nitrogens with one attached hydrogen (secondary N) is 1. The van der Waals surface area contributed by atoms with Crippen LogP contribution in [-0.4, -0.2) is 21.0 Å². The van der Waals surface area contributed by atoms with E-state index in [1.54, 1.807) is 6.07 Å². The fourth-order valence-corrected chi connectivity index (χ4v) is 1.70. The van der Waals surface area contributed by atoms with E-state index < -0.39 is 16.9 Å². The summed E-state index contributed by atoms with van der Waals surface area (Å²) < 4.78 is 0. The SMILES string of the molecule is NC(C(=O)O)c1c[nH]c2c([N+](=O)[O-])cccc12. The molecule has 17 heavy (non-hydrogen) atoms. The summed E-state index contributed by atoms with van der Waals surface area (Å²) in [7, 11) is 0. The normalized spacial score (nSPS) is 12.5. The van der Waals surface area contributed by atoms with Crippen LogP contribution < -0.4 is 5.73 Å². The molecule has 0 saturated carbocycles. The number of rotatable bonds is 3. The van der Waals surface area contributed by atoms with Crippen LogP contribution >= 0.6 is 0 Å². The molecular weight excluding hydrogens is 226 g/mol. The summed E-state index contributed by atoms with van der Waals surface area (Å²) in [6.07, 6.45) is 1.39. The monoisotopic (exact) mass is 235 g/mol. The van der Waals surface area contributed by atoms with Crippen molar-refractivity contribution >= 4 is 22.6 Å². The Bertz CT molecular complexity index is 605. The van der Waals surface area contributed by atoms with Crippen molar-refractivity contribution in [2.75, 3.05) is 0 Å². The molecule has 0 aliphatic carbocycles. The van der Waals surface area contributed by atoms with Crippen molar-refractivity contribution in [1.29, 1.82) is 0 Å². The molecule has 0 aliphatic rings. The molecule has 2 aromatic rings. The average Bonchev–Trinajstić information content (AvgIpc) is 2.70. The van der Waals surface area contributed by atoms with E-state index in [-0.39, 0.29) is 11.2 Å². The molecule has 1 heterocycles. The standard InChI is InChI=1S/C10H9N3O4/c11-8(10(14)15)6-4-12-9-5(6)2-1-3-7(9)13(16)17/h1-4,8,12H,11H2,(H,14,15). The molecular formula is C10H9N3O4. The van der Waals surface area contributed by atoms with Gasteiger partial charge < -0.3 is 15.8 Å². The molecule has 1 atom stereocenters. The Balaban J connectivity index is 2.66. The Kier molecular flexibility index (Phi) is 2.52. The van der Waals surface area contributed by atoms with Gasteiger partial charge in [0.15, 0.2) is 0 Å². The molecule has 7 nitrogen and oxygen atoms in total. The zero-order chi connectivity index (χ0) is 12.6. The van der Waals surface area contributed by atoms with Gasteiger partial charge in [-0.3, -0.25) is 14.9 Å². The third kappa shape index (κ3) is 1.72. The van der Waals surface area contributed by atoms with E-state index >= 15 is 0 Å². The molecule has 0 bridgehead atoms. The molecule has 88 valence electrons. The van der Waals surface area contributed by atoms with Crippen molar-refractivity contribution in [1.82, 2.24) is 4.98 Å². The van der Waals surface area contributed by atoms with Crippen LogP contribution in [0, 0.1) is 10.1 Å². The Hall–Kier alpha value is -2.41. The maximum atomic E-state index is 10.8. The van der Waals surface area contributed by atoms with E-state index in [0.717, 1.165) is 0 Å². The van der Waals surface area contributed by atoms with Gasteiger partial charge in [0.25, 0.3) is 5.69 Å². The van der Waals surface area contributed by atoms with Gasteiger partial charge in [-0.15, -0.1) is 0 Å². The van der Waals surface area contributed by atoms with E-state index in [1.165, 1.54) is 18.3 Å². The topological polar surface area (TPSA) is 122 Å². The number of nitrogens with zero attached hydrogens (tertiary/aromatic N) is 1. The summed E-state index contributed by atoms with van der Waals surface area (Å²) in [4.78, 5) is 23.7. The highest BCUT2D eigenvalue weighted by molar-refractivity contribution is 5.93. The minimum Gasteiger partial charge on any atom is -0.480 e. The summed E-state index contributed by atoms with van der Waals surface area (Å²) in [6.45, 7) is 0. The van der Waals surface area contributed by atoms with Gasteiger partial charge in [-0.2, -0.15) is 0 Å². The molecule has 7 heteroatoms. The smallest absolute Gasteiger partial charge is 0.325 e. The van der Waals surface area contributed by atoms with Crippen molar-refractivity contribution < 1.29 is 14.8 Å². The summed E-state index contributed by atoms with van der Waals surface area (Å²) in [6, 6.07) is 3.23. The van der Waals surface area contributed by atoms with Gasteiger partial charge in [-0.1, -0.05) is 12.1 Å². The maximum absolute atomic E-state index is 10.8. The number of nitro benzene ring substituents is 1. The highest BCUT2D eigenvalue weighted by Crippen LogP contribution is 2.29. The maximum Gasteiger partial charge on any atom is 0.325 e. The van der Waals surface area contributed by atoms with Crippen LogP contribution in [0.25, 0.3) is 10.9 Å². The van der Waals surface area contributed by atoms with E-state index in [4.69, 9.17) is 10.8 Å². The summed E-state index contributed by atoms with van der Waals surface area (Å²) in [5.74, 6) is -1.18. The van der Waals surface area contributed by atoms with Crippen molar-refractivity contribution in [3.05, 3.63) is 40.1 Å². The Morgan fingerprint density at radius 2 is 2.24 bits per heavy atom. The summed E-state index contributed by atoms with van der Waals surface area (Å²) >= 11 is 0. The van der Waals surface area contributed by atoms with Crippen LogP contribution in [0.1, 0.15) is 11.6 Å². The molecule has 1 aromatic heterocycles. The van der Waals surface area contributed by atoms with Gasteiger partial charge in [0.2, 0.25) is 0 Å². The Labute approximate surface area is 95.0 Å². The highest BCUT2D eigenvalue weighted by Gasteiger charge is 2.21. The van der Waals surface area contributed by atoms with Crippen LogP contribution in [-0.2, 0) is 4.79 Å². The molecule has 4 N–H and O–H groups in total. The second kappa shape index (κ2) is 3.87. The molecule has 0 amide bonds. The summed E-state index contributed by atoms with van der Waals surface area (Å²) in [5.41, 5.74) is 5.99. The van der Waals surface area contributed by atoms with Crippen molar-refractivity contribution in [2.24, 2.45) is 5.73 Å². The van der Waals surface area contributed by atoms with Gasteiger partial charge in [-0.25, -0.2) is 0 Å². The number of aliphatic carboxylic acids is 1. The van der Waals surface area contributed by atoms with Gasteiger partial charge in [0.1, 0.15) is 11.6 Å². The minimum atomic E-state index is -1.20. The quantitative estimate of drug-likeness (QED) is 0.544. The number of hydrogen-bond donors (Lipinski definition) is 3. The van der Waals surface area contributed by atoms with Crippen molar-refractivity contribution in [3.63, 3.8) is 0 Å².